The van der Waals surface area contributed by atoms with Crippen molar-refractivity contribution in [1.82, 2.24) is 0 Å². The van der Waals surface area contributed by atoms with E-state index >= 15 is 0 Å². The highest BCUT2D eigenvalue weighted by Crippen LogP contribution is 2.23. The Labute approximate surface area is 592 Å². The Morgan fingerprint density at radius 3 is 0.866 bits per heavy atom. The van der Waals surface area contributed by atoms with Crippen molar-refractivity contribution in [3.63, 3.8) is 0 Å². The maximum Gasteiger partial charge on any atom is 0.119 e. The number of aliphatic hydroxyl groups is 1. The largest absolute Gasteiger partial charge is 0.497 e. The van der Waals surface area contributed by atoms with E-state index in [2.05, 4.69) is 281 Å². The molecule has 0 saturated carbocycles. The predicted molar refractivity (Wildman–Crippen MR) is 426 cm³/mol. The minimum absolute atomic E-state index is 0.284. The number of para-hydroxylation sites is 1. The maximum atomic E-state index is 9.65. The predicted octanol–water partition coefficient (Wildman–Crippen LogP) is 25.6. The van der Waals surface area contributed by atoms with E-state index in [-0.39, 0.29) is 5.41 Å². The first-order valence-electron chi connectivity index (χ1n) is 35.4. The van der Waals surface area contributed by atoms with Crippen LogP contribution < -0.4 is 14.2 Å². The zero-order valence-electron chi connectivity index (χ0n) is 63.9. The van der Waals surface area contributed by atoms with Crippen LogP contribution in [0, 0.1) is 34.6 Å². The molecule has 10 aromatic carbocycles. The van der Waals surface area contributed by atoms with E-state index in [9.17, 15) is 5.11 Å². The lowest BCUT2D eigenvalue weighted by molar-refractivity contribution is 0.0786. The van der Waals surface area contributed by atoms with Crippen LogP contribution in [-0.2, 0) is 49.5 Å². The van der Waals surface area contributed by atoms with Crippen molar-refractivity contribution in [2.45, 2.75) is 200 Å². The summed E-state index contributed by atoms with van der Waals surface area (Å²) >= 11 is 0. The average molecular weight is 1310 g/mol. The topological polar surface area (TPSA) is 47.9 Å². The van der Waals surface area contributed by atoms with Crippen LogP contribution in [0.4, 0.5) is 0 Å². The number of benzene rings is 10. The standard InChI is InChI=1S/C12H18.C11H16O.C11H16.C9H12O.2C9H12.2C8H10O.2C8H10/c1-5-10-6-8-11(9-7-10)12(2,3)4;1-4-9-5-7-10(8-6-9)11(2,3)12;1-4-10-5-7-11(8-6-10)9(2)3;1-2-8-10-9-6-4-3-5-7-9;1-3-9-6-4-8(2)5-7-9;1-2-6-9-7-4-3-5-8-9;2*1-7-3-5-8(9-2)6-4-7;1-7-3-5-8(2)6-4-7;1-2-8-6-4-3-5-7-8/h6-9H,5H2,1-4H3;5-8,12H,4H2,1-3H3;5-9H,4H2,1-3H3;3-7H,2,8H2,1H3;4-7H,3H2,1-2H3;3-5,7-8H,2,6H2,1H3;2*3-6H,1-2H3;3-6H,1-2H3;3-7H,2H2,1H3. The van der Waals surface area contributed by atoms with Gasteiger partial charge in [0.25, 0.3) is 0 Å². The lowest BCUT2D eigenvalue weighted by atomic mass is 9.86. The monoisotopic (exact) mass is 1310 g/mol. The first-order chi connectivity index (χ1) is 46.4. The van der Waals surface area contributed by atoms with Crippen LogP contribution in [-0.4, -0.2) is 25.9 Å². The number of aryl methyl sites for hydroxylation is 11. The van der Waals surface area contributed by atoms with Crippen molar-refractivity contribution in [3.8, 4) is 17.2 Å². The summed E-state index contributed by atoms with van der Waals surface area (Å²) in [4.78, 5) is 0. The van der Waals surface area contributed by atoms with Gasteiger partial charge in [-0.15, -0.1) is 0 Å². The second-order valence-corrected chi connectivity index (χ2v) is 25.9. The summed E-state index contributed by atoms with van der Waals surface area (Å²) in [6.45, 7) is 41.1. The summed E-state index contributed by atoms with van der Waals surface area (Å²) in [5.74, 6) is 3.45. The van der Waals surface area contributed by atoms with Crippen LogP contribution in [0.25, 0.3) is 0 Å². The van der Waals surface area contributed by atoms with Gasteiger partial charge in [-0.25, -0.2) is 0 Å². The molecular formula is C93H126O4. The summed E-state index contributed by atoms with van der Waals surface area (Å²) < 4.78 is 15.3. The van der Waals surface area contributed by atoms with Gasteiger partial charge in [-0.05, 0) is 191 Å². The summed E-state index contributed by atoms with van der Waals surface area (Å²) in [5, 5.41) is 9.65. The molecule has 0 saturated heterocycles. The van der Waals surface area contributed by atoms with Crippen molar-refractivity contribution >= 4 is 0 Å². The van der Waals surface area contributed by atoms with Crippen molar-refractivity contribution in [2.75, 3.05) is 20.8 Å². The van der Waals surface area contributed by atoms with Gasteiger partial charge in [-0.3, -0.25) is 0 Å². The van der Waals surface area contributed by atoms with Crippen LogP contribution in [0.2, 0.25) is 0 Å². The van der Waals surface area contributed by atoms with Gasteiger partial charge in [-0.2, -0.15) is 0 Å². The molecule has 0 radical (unpaired) electrons. The molecule has 0 amide bonds. The Hall–Kier alpha value is -8.44. The van der Waals surface area contributed by atoms with Crippen LogP contribution >= 0.6 is 0 Å². The molecule has 0 aliphatic rings. The van der Waals surface area contributed by atoms with Gasteiger partial charge in [0.1, 0.15) is 17.2 Å². The lowest BCUT2D eigenvalue weighted by Crippen LogP contribution is -2.15. The Balaban J connectivity index is 0.000000540. The molecule has 10 aromatic rings. The third kappa shape index (κ3) is 42.7. The maximum absolute atomic E-state index is 9.65. The van der Waals surface area contributed by atoms with Crippen molar-refractivity contribution in [3.05, 3.63) is 339 Å². The van der Waals surface area contributed by atoms with Crippen molar-refractivity contribution < 1.29 is 19.3 Å². The highest BCUT2D eigenvalue weighted by atomic mass is 16.5. The number of ether oxygens (including phenoxy) is 3. The SMILES string of the molecule is CCCOc1ccccc1.CCCc1ccccc1.CCc1ccc(C(C)(C)C)cc1.CCc1ccc(C(C)(C)O)cc1.CCc1ccc(C(C)C)cc1.CCc1ccc(C)cc1.CCc1ccccc1.COc1ccc(C)cc1.COc1ccc(C)cc1.Cc1ccc(C)cc1. The van der Waals surface area contributed by atoms with Gasteiger partial charge in [-0.1, -0.05) is 342 Å². The van der Waals surface area contributed by atoms with E-state index in [1.54, 1.807) is 28.1 Å². The zero-order valence-corrected chi connectivity index (χ0v) is 63.9. The van der Waals surface area contributed by atoms with E-state index in [0.29, 0.717) is 5.92 Å². The molecule has 0 atom stereocenters. The highest BCUT2D eigenvalue weighted by molar-refractivity contribution is 5.31. The van der Waals surface area contributed by atoms with E-state index < -0.39 is 5.60 Å². The first-order valence-corrected chi connectivity index (χ1v) is 35.4. The van der Waals surface area contributed by atoms with E-state index in [1.165, 1.54) is 85.2 Å². The van der Waals surface area contributed by atoms with Crippen LogP contribution in [0.1, 0.15) is 194 Å². The minimum Gasteiger partial charge on any atom is -0.497 e. The lowest BCUT2D eigenvalue weighted by Gasteiger charge is -2.18. The molecule has 0 bridgehead atoms. The fourth-order valence-corrected chi connectivity index (χ4v) is 8.72. The second kappa shape index (κ2) is 51.8. The third-order valence-corrected chi connectivity index (χ3v) is 15.5. The molecule has 4 heteroatoms. The molecule has 0 unspecified atom stereocenters. The molecule has 0 aliphatic carbocycles. The number of methoxy groups -OCH3 is 2. The molecule has 0 spiro atoms. The number of hydrogen-bond acceptors (Lipinski definition) is 4. The number of rotatable bonds is 14. The smallest absolute Gasteiger partial charge is 0.119 e. The van der Waals surface area contributed by atoms with Gasteiger partial charge in [0, 0.05) is 0 Å². The molecule has 4 nitrogen and oxygen atoms in total. The fourth-order valence-electron chi connectivity index (χ4n) is 8.72. The Morgan fingerprint density at radius 2 is 0.588 bits per heavy atom. The quantitative estimate of drug-likeness (QED) is 0.118. The second-order valence-electron chi connectivity index (χ2n) is 25.9. The Kier molecular flexibility index (Phi) is 46.2. The van der Waals surface area contributed by atoms with Gasteiger partial charge in [0.15, 0.2) is 0 Å². The minimum atomic E-state index is -0.716. The molecular weight excluding hydrogens is 1180 g/mol. The summed E-state index contributed by atoms with van der Waals surface area (Å²) in [6, 6.07) is 89.9. The van der Waals surface area contributed by atoms with Gasteiger partial charge < -0.3 is 19.3 Å². The van der Waals surface area contributed by atoms with E-state index in [1.807, 2.05) is 97.1 Å². The normalized spacial score (nSPS) is 10.0. The van der Waals surface area contributed by atoms with E-state index in [0.717, 1.165) is 67.9 Å². The fraction of sp³-hybridized carbons (Fsp3) is 0.355. The molecule has 0 aromatic heterocycles. The average Bonchev–Trinajstić information content (AvgIpc) is 1.01. The summed E-state index contributed by atoms with van der Waals surface area (Å²) in [5.41, 5.74) is 18.3. The third-order valence-electron chi connectivity index (χ3n) is 15.5. The molecule has 10 rings (SSSR count). The molecule has 522 valence electrons. The summed E-state index contributed by atoms with van der Waals surface area (Å²) in [7, 11) is 3.34. The molecule has 0 aliphatic heterocycles. The summed E-state index contributed by atoms with van der Waals surface area (Å²) in [6.07, 6.45) is 9.11. The molecule has 97 heavy (non-hydrogen) atoms. The highest BCUT2D eigenvalue weighted by Gasteiger charge is 2.15. The van der Waals surface area contributed by atoms with Crippen LogP contribution in [0.5, 0.6) is 17.2 Å². The zero-order chi connectivity index (χ0) is 72.3. The Bertz CT molecular complexity index is 3210. The first kappa shape index (κ1) is 86.6. The van der Waals surface area contributed by atoms with Gasteiger partial charge in [0.05, 0.1) is 26.4 Å². The molecule has 0 heterocycles. The van der Waals surface area contributed by atoms with Crippen molar-refractivity contribution in [1.29, 1.82) is 0 Å². The van der Waals surface area contributed by atoms with Gasteiger partial charge >= 0.3 is 0 Å². The molecule has 1 N–H and O–H groups in total. The Morgan fingerprint density at radius 1 is 0.309 bits per heavy atom. The van der Waals surface area contributed by atoms with Gasteiger partial charge in [0.2, 0.25) is 0 Å². The van der Waals surface area contributed by atoms with Crippen LogP contribution in [0.3, 0.4) is 0 Å². The van der Waals surface area contributed by atoms with E-state index in [4.69, 9.17) is 14.2 Å². The number of hydrogen-bond donors (Lipinski definition) is 1. The van der Waals surface area contributed by atoms with Crippen molar-refractivity contribution in [2.24, 2.45) is 0 Å². The van der Waals surface area contributed by atoms with Crippen LogP contribution in [0.15, 0.2) is 261 Å². The molecule has 0 fully saturated rings.